The Kier molecular flexibility index (Phi) is 4.22. The van der Waals surface area contributed by atoms with Gasteiger partial charge in [-0.15, -0.1) is 0 Å². The molecule has 0 spiro atoms. The highest BCUT2D eigenvalue weighted by Gasteiger charge is 2.16. The van der Waals surface area contributed by atoms with Crippen molar-refractivity contribution in [3.05, 3.63) is 39.8 Å². The Hall–Kier alpha value is -1.39. The van der Waals surface area contributed by atoms with Crippen molar-refractivity contribution in [1.29, 1.82) is 0 Å². The monoisotopic (exact) mass is 342 g/mol. The molecule has 19 heavy (non-hydrogen) atoms. The summed E-state index contributed by atoms with van der Waals surface area (Å²) in [6, 6.07) is 8.48. The molecular weight excluding hydrogens is 332 g/mol. The summed E-state index contributed by atoms with van der Waals surface area (Å²) in [7, 11) is 3.14. The van der Waals surface area contributed by atoms with Gasteiger partial charge in [0.2, 0.25) is 0 Å². The van der Waals surface area contributed by atoms with Gasteiger partial charge in [-0.25, -0.2) is 0 Å². The molecule has 0 atom stereocenters. The average Bonchev–Trinajstić information content (AvgIpc) is 2.41. The Bertz CT molecular complexity index is 614. The Morgan fingerprint density at radius 1 is 1.05 bits per heavy atom. The fourth-order valence-electron chi connectivity index (χ4n) is 1.83. The van der Waals surface area contributed by atoms with Crippen molar-refractivity contribution < 1.29 is 14.6 Å². The Morgan fingerprint density at radius 2 is 1.79 bits per heavy atom. The van der Waals surface area contributed by atoms with Gasteiger partial charge in [-0.05, 0) is 46.3 Å². The number of rotatable bonds is 3. The fraction of sp³-hybridized carbons (Fsp3) is 0.143. The summed E-state index contributed by atoms with van der Waals surface area (Å²) in [5.74, 6) is 1.37. The first-order chi connectivity index (χ1) is 9.08. The molecule has 1 N–H and O–H groups in total. The third-order valence-electron chi connectivity index (χ3n) is 2.73. The molecule has 0 unspecified atom stereocenters. The van der Waals surface area contributed by atoms with E-state index in [-0.39, 0.29) is 5.75 Å². The minimum absolute atomic E-state index is 0.139. The molecule has 0 aliphatic heterocycles. The van der Waals surface area contributed by atoms with Crippen molar-refractivity contribution in [3.63, 3.8) is 0 Å². The summed E-state index contributed by atoms with van der Waals surface area (Å²) in [4.78, 5) is 0. The van der Waals surface area contributed by atoms with E-state index in [1.54, 1.807) is 38.5 Å². The summed E-state index contributed by atoms with van der Waals surface area (Å²) < 4.78 is 11.3. The summed E-state index contributed by atoms with van der Waals surface area (Å²) in [5, 5.41) is 10.5. The summed E-state index contributed by atoms with van der Waals surface area (Å²) in [5.41, 5.74) is 1.34. The van der Waals surface area contributed by atoms with Crippen LogP contribution in [0.5, 0.6) is 17.2 Å². The van der Waals surface area contributed by atoms with E-state index in [1.807, 2.05) is 6.07 Å². The molecule has 0 saturated heterocycles. The van der Waals surface area contributed by atoms with E-state index in [4.69, 9.17) is 21.1 Å². The van der Waals surface area contributed by atoms with Gasteiger partial charge in [0, 0.05) is 16.1 Å². The maximum absolute atomic E-state index is 9.96. The predicted octanol–water partition coefficient (Wildman–Crippen LogP) is 4.49. The third kappa shape index (κ3) is 2.65. The molecule has 0 bridgehead atoms. The van der Waals surface area contributed by atoms with E-state index in [9.17, 15) is 5.11 Å². The third-order valence-corrected chi connectivity index (χ3v) is 3.72. The van der Waals surface area contributed by atoms with Crippen molar-refractivity contribution in [1.82, 2.24) is 0 Å². The molecule has 0 aromatic heterocycles. The second-order valence-electron chi connectivity index (χ2n) is 3.82. The van der Waals surface area contributed by atoms with Crippen molar-refractivity contribution in [3.8, 4) is 28.4 Å². The summed E-state index contributed by atoms with van der Waals surface area (Å²) in [6.45, 7) is 0. The second-order valence-corrected chi connectivity index (χ2v) is 5.05. The van der Waals surface area contributed by atoms with E-state index in [0.717, 1.165) is 5.56 Å². The highest BCUT2D eigenvalue weighted by molar-refractivity contribution is 9.10. The number of halogens is 2. The second kappa shape index (κ2) is 5.72. The Labute approximate surface area is 124 Å². The van der Waals surface area contributed by atoms with Gasteiger partial charge in [0.05, 0.1) is 14.2 Å². The van der Waals surface area contributed by atoms with Gasteiger partial charge < -0.3 is 14.6 Å². The van der Waals surface area contributed by atoms with Gasteiger partial charge in [0.1, 0.15) is 21.7 Å². The molecule has 0 aliphatic carbocycles. The molecule has 0 fully saturated rings. The molecule has 2 rings (SSSR count). The number of methoxy groups -OCH3 is 2. The van der Waals surface area contributed by atoms with E-state index in [1.165, 1.54) is 0 Å². The highest BCUT2D eigenvalue weighted by atomic mass is 79.9. The van der Waals surface area contributed by atoms with Crippen LogP contribution < -0.4 is 9.47 Å². The van der Waals surface area contributed by atoms with E-state index < -0.39 is 0 Å². The number of benzene rings is 2. The molecule has 0 saturated carbocycles. The smallest absolute Gasteiger partial charge is 0.144 e. The van der Waals surface area contributed by atoms with Crippen LogP contribution in [0.15, 0.2) is 34.8 Å². The predicted molar refractivity (Wildman–Crippen MR) is 79.4 cm³/mol. The molecule has 3 nitrogen and oxygen atoms in total. The first-order valence-electron chi connectivity index (χ1n) is 5.48. The van der Waals surface area contributed by atoms with Gasteiger partial charge in [0.15, 0.2) is 0 Å². The summed E-state index contributed by atoms with van der Waals surface area (Å²) in [6.07, 6.45) is 0. The molecule has 2 aromatic carbocycles. The number of phenolic OH excluding ortho intramolecular Hbond substituents is 1. The van der Waals surface area contributed by atoms with Crippen LogP contribution in [-0.2, 0) is 0 Å². The van der Waals surface area contributed by atoms with Gasteiger partial charge in [0.25, 0.3) is 0 Å². The standard InChI is InChI=1S/C14H12BrClO3/c1-18-12-6-4-9(14(19-2)13(12)15)10-7-8(16)3-5-11(10)17/h3-7,17H,1-2H3. The van der Waals surface area contributed by atoms with E-state index >= 15 is 0 Å². The minimum atomic E-state index is 0.139. The molecule has 0 heterocycles. The largest absolute Gasteiger partial charge is 0.507 e. The lowest BCUT2D eigenvalue weighted by molar-refractivity contribution is 0.390. The van der Waals surface area contributed by atoms with Crippen LogP contribution in [0.2, 0.25) is 5.02 Å². The Morgan fingerprint density at radius 3 is 2.42 bits per heavy atom. The van der Waals surface area contributed by atoms with Crippen molar-refractivity contribution >= 4 is 27.5 Å². The molecule has 2 aromatic rings. The molecular formula is C14H12BrClO3. The minimum Gasteiger partial charge on any atom is -0.507 e. The van der Waals surface area contributed by atoms with Crippen LogP contribution in [0.3, 0.4) is 0 Å². The van der Waals surface area contributed by atoms with Crippen LogP contribution in [0, 0.1) is 0 Å². The van der Waals surface area contributed by atoms with Crippen molar-refractivity contribution in [2.24, 2.45) is 0 Å². The van der Waals surface area contributed by atoms with Crippen molar-refractivity contribution in [2.75, 3.05) is 14.2 Å². The number of ether oxygens (including phenoxy) is 2. The SMILES string of the molecule is COc1ccc(-c2cc(Cl)ccc2O)c(OC)c1Br. The maximum atomic E-state index is 9.96. The van der Waals surface area contributed by atoms with E-state index in [2.05, 4.69) is 15.9 Å². The lowest BCUT2D eigenvalue weighted by Gasteiger charge is -2.14. The average molecular weight is 344 g/mol. The van der Waals surface area contributed by atoms with Crippen LogP contribution in [0.1, 0.15) is 0 Å². The zero-order valence-electron chi connectivity index (χ0n) is 10.4. The number of hydrogen-bond donors (Lipinski definition) is 1. The number of phenols is 1. The maximum Gasteiger partial charge on any atom is 0.144 e. The van der Waals surface area contributed by atoms with Gasteiger partial charge in [-0.3, -0.25) is 0 Å². The van der Waals surface area contributed by atoms with E-state index in [0.29, 0.717) is 26.6 Å². The molecule has 100 valence electrons. The molecule has 0 amide bonds. The fourth-order valence-corrected chi connectivity index (χ4v) is 2.67. The van der Waals surface area contributed by atoms with Gasteiger partial charge in [-0.1, -0.05) is 11.6 Å². The number of hydrogen-bond acceptors (Lipinski definition) is 3. The first kappa shape index (κ1) is 14.0. The lowest BCUT2D eigenvalue weighted by Crippen LogP contribution is -1.93. The zero-order chi connectivity index (χ0) is 14.0. The van der Waals surface area contributed by atoms with Crippen LogP contribution in [0.4, 0.5) is 0 Å². The van der Waals surface area contributed by atoms with Crippen LogP contribution >= 0.6 is 27.5 Å². The quantitative estimate of drug-likeness (QED) is 0.892. The number of aromatic hydroxyl groups is 1. The topological polar surface area (TPSA) is 38.7 Å². The zero-order valence-corrected chi connectivity index (χ0v) is 12.7. The summed E-state index contributed by atoms with van der Waals surface area (Å²) >= 11 is 9.40. The normalized spacial score (nSPS) is 10.3. The van der Waals surface area contributed by atoms with Gasteiger partial charge in [-0.2, -0.15) is 0 Å². The first-order valence-corrected chi connectivity index (χ1v) is 6.65. The van der Waals surface area contributed by atoms with Crippen LogP contribution in [-0.4, -0.2) is 19.3 Å². The molecule has 0 aliphatic rings. The lowest BCUT2D eigenvalue weighted by atomic mass is 10.0. The van der Waals surface area contributed by atoms with Crippen molar-refractivity contribution in [2.45, 2.75) is 0 Å². The van der Waals surface area contributed by atoms with Gasteiger partial charge >= 0.3 is 0 Å². The van der Waals surface area contributed by atoms with Crippen LogP contribution in [0.25, 0.3) is 11.1 Å². The highest BCUT2D eigenvalue weighted by Crippen LogP contribution is 2.44. The molecule has 5 heteroatoms. The Balaban J connectivity index is 2.68. The molecule has 0 radical (unpaired) electrons.